The van der Waals surface area contributed by atoms with E-state index in [0.29, 0.717) is 19.0 Å². The molecule has 1 aromatic heterocycles. The lowest BCUT2D eigenvalue weighted by atomic mass is 10.2. The zero-order valence-corrected chi connectivity index (χ0v) is 14.3. The van der Waals surface area contributed by atoms with Crippen molar-refractivity contribution in [2.24, 2.45) is 0 Å². The Kier molecular flexibility index (Phi) is 4.14. The van der Waals surface area contributed by atoms with Gasteiger partial charge in [0.2, 0.25) is 0 Å². The fourth-order valence-corrected chi connectivity index (χ4v) is 3.90. The summed E-state index contributed by atoms with van der Waals surface area (Å²) in [5.74, 6) is -0.149. The molecule has 10 heteroatoms. The predicted octanol–water partition coefficient (Wildman–Crippen LogP) is 1.83. The minimum absolute atomic E-state index is 0.0274. The molecule has 0 aliphatic carbocycles. The Balaban J connectivity index is 1.92. The normalized spacial score (nSPS) is 13.6. The molecule has 0 unspecified atom stereocenters. The van der Waals surface area contributed by atoms with Crippen LogP contribution in [0.4, 0.5) is 0 Å². The average Bonchev–Trinajstić information content (AvgIpc) is 2.86. The van der Waals surface area contributed by atoms with Gasteiger partial charge in [-0.2, -0.15) is 0 Å². The summed E-state index contributed by atoms with van der Waals surface area (Å²) >= 11 is 6.05. The van der Waals surface area contributed by atoms with Gasteiger partial charge in [-0.05, 0) is 26.0 Å². The summed E-state index contributed by atoms with van der Waals surface area (Å²) in [7, 11) is -4.13. The Bertz CT molecular complexity index is 902. The van der Waals surface area contributed by atoms with E-state index in [0.717, 1.165) is 0 Å². The molecule has 0 radical (unpaired) electrons. The number of hydrogen-bond donors (Lipinski definition) is 1. The molecule has 2 heterocycles. The van der Waals surface area contributed by atoms with Crippen LogP contribution in [0.3, 0.4) is 0 Å². The van der Waals surface area contributed by atoms with Gasteiger partial charge in [-0.3, -0.25) is 4.79 Å². The summed E-state index contributed by atoms with van der Waals surface area (Å²) in [6.45, 7) is 3.57. The van der Waals surface area contributed by atoms with E-state index in [9.17, 15) is 13.2 Å². The van der Waals surface area contributed by atoms with Crippen LogP contribution in [0.1, 0.15) is 21.8 Å². The van der Waals surface area contributed by atoms with E-state index in [1.54, 1.807) is 0 Å². The zero-order valence-electron chi connectivity index (χ0n) is 12.8. The van der Waals surface area contributed by atoms with Gasteiger partial charge in [0.1, 0.15) is 18.9 Å². The first-order valence-electron chi connectivity index (χ1n) is 6.89. The average molecular weight is 373 g/mol. The molecule has 128 valence electrons. The molecule has 0 saturated heterocycles. The van der Waals surface area contributed by atoms with Crippen LogP contribution in [0, 0.1) is 13.8 Å². The van der Waals surface area contributed by atoms with Gasteiger partial charge >= 0.3 is 0 Å². The number of carbonyl (C=O) groups is 1. The molecule has 24 heavy (non-hydrogen) atoms. The molecule has 8 nitrogen and oxygen atoms in total. The first-order valence-corrected chi connectivity index (χ1v) is 8.75. The van der Waals surface area contributed by atoms with E-state index in [1.165, 1.54) is 26.0 Å². The predicted molar refractivity (Wildman–Crippen MR) is 83.1 cm³/mol. The first kappa shape index (κ1) is 16.6. The van der Waals surface area contributed by atoms with E-state index in [1.807, 2.05) is 4.72 Å². The molecular formula is C14H13ClN2O6S. The second kappa shape index (κ2) is 5.99. The zero-order chi connectivity index (χ0) is 17.5. The van der Waals surface area contributed by atoms with Crippen LogP contribution in [-0.2, 0) is 10.0 Å². The SMILES string of the molecule is Cc1noc(C)c1S(=O)(=O)NC(=O)c1cc(Cl)c2c(c1)OCCO2. The number of benzene rings is 1. The van der Waals surface area contributed by atoms with E-state index in [4.69, 9.17) is 25.6 Å². The Morgan fingerprint density at radius 1 is 1.25 bits per heavy atom. The van der Waals surface area contributed by atoms with Gasteiger partial charge in [-0.25, -0.2) is 13.1 Å². The minimum atomic E-state index is -4.13. The maximum atomic E-state index is 12.4. The number of sulfonamides is 1. The van der Waals surface area contributed by atoms with Gasteiger partial charge < -0.3 is 14.0 Å². The first-order chi connectivity index (χ1) is 11.3. The lowest BCUT2D eigenvalue weighted by Crippen LogP contribution is -2.31. The number of hydrogen-bond acceptors (Lipinski definition) is 7. The van der Waals surface area contributed by atoms with Crippen molar-refractivity contribution >= 4 is 27.5 Å². The number of nitrogens with zero attached hydrogens (tertiary/aromatic N) is 1. The molecule has 0 atom stereocenters. The molecular weight excluding hydrogens is 360 g/mol. The summed E-state index contributed by atoms with van der Waals surface area (Å²) in [5.41, 5.74) is 0.188. The van der Waals surface area contributed by atoms with E-state index < -0.39 is 15.9 Å². The van der Waals surface area contributed by atoms with Gasteiger partial charge in [0.15, 0.2) is 22.2 Å². The summed E-state index contributed by atoms with van der Waals surface area (Å²) < 4.78 is 42.3. The van der Waals surface area contributed by atoms with Crippen LogP contribution in [0.25, 0.3) is 0 Å². The van der Waals surface area contributed by atoms with Crippen molar-refractivity contribution in [2.45, 2.75) is 18.7 Å². The number of amides is 1. The van der Waals surface area contributed by atoms with Crippen LogP contribution < -0.4 is 14.2 Å². The quantitative estimate of drug-likeness (QED) is 0.875. The number of carbonyl (C=O) groups excluding carboxylic acids is 1. The van der Waals surface area contributed by atoms with E-state index in [-0.39, 0.29) is 32.7 Å². The molecule has 0 bridgehead atoms. The van der Waals surface area contributed by atoms with Crippen LogP contribution in [-0.4, -0.2) is 32.7 Å². The van der Waals surface area contributed by atoms with Gasteiger partial charge in [0.25, 0.3) is 15.9 Å². The Hall–Kier alpha value is -2.26. The van der Waals surface area contributed by atoms with Gasteiger partial charge in [0, 0.05) is 5.56 Å². The van der Waals surface area contributed by atoms with Crippen molar-refractivity contribution < 1.29 is 27.2 Å². The summed E-state index contributed by atoms with van der Waals surface area (Å²) in [6.07, 6.45) is 0. The summed E-state index contributed by atoms with van der Waals surface area (Å²) in [5, 5.41) is 3.73. The number of halogens is 1. The molecule has 1 aromatic carbocycles. The number of ether oxygens (including phenoxy) is 2. The third-order valence-corrected chi connectivity index (χ3v) is 5.18. The number of fused-ring (bicyclic) bond motifs is 1. The largest absolute Gasteiger partial charge is 0.486 e. The highest BCUT2D eigenvalue weighted by Crippen LogP contribution is 2.38. The lowest BCUT2D eigenvalue weighted by molar-refractivity contribution is 0.0980. The fourth-order valence-electron chi connectivity index (χ4n) is 2.33. The van der Waals surface area contributed by atoms with E-state index in [2.05, 4.69) is 5.16 Å². The molecule has 2 aromatic rings. The Morgan fingerprint density at radius 3 is 2.62 bits per heavy atom. The topological polar surface area (TPSA) is 108 Å². The van der Waals surface area contributed by atoms with Crippen LogP contribution >= 0.6 is 11.6 Å². The van der Waals surface area contributed by atoms with Crippen LogP contribution in [0.5, 0.6) is 11.5 Å². The van der Waals surface area contributed by atoms with Gasteiger partial charge in [-0.15, -0.1) is 0 Å². The number of nitrogens with one attached hydrogen (secondary N) is 1. The highest BCUT2D eigenvalue weighted by Gasteiger charge is 2.28. The molecule has 3 rings (SSSR count). The molecule has 1 amide bonds. The molecule has 1 N–H and O–H groups in total. The molecule has 0 fully saturated rings. The van der Waals surface area contributed by atoms with Crippen LogP contribution in [0.2, 0.25) is 5.02 Å². The fraction of sp³-hybridized carbons (Fsp3) is 0.286. The van der Waals surface area contributed by atoms with Crippen molar-refractivity contribution in [1.29, 1.82) is 0 Å². The minimum Gasteiger partial charge on any atom is -0.486 e. The number of rotatable bonds is 3. The highest BCUT2D eigenvalue weighted by atomic mass is 35.5. The summed E-state index contributed by atoms with van der Waals surface area (Å²) in [4.78, 5) is 12.2. The second-order valence-corrected chi connectivity index (χ2v) is 7.10. The Labute approximate surface area is 142 Å². The monoisotopic (exact) mass is 372 g/mol. The number of aryl methyl sites for hydroxylation is 2. The van der Waals surface area contributed by atoms with Crippen molar-refractivity contribution in [1.82, 2.24) is 9.88 Å². The summed E-state index contributed by atoms with van der Waals surface area (Å²) in [6, 6.07) is 2.69. The van der Waals surface area contributed by atoms with Crippen LogP contribution in [0.15, 0.2) is 21.6 Å². The second-order valence-electron chi connectivity index (χ2n) is 5.07. The van der Waals surface area contributed by atoms with Crippen molar-refractivity contribution in [3.05, 3.63) is 34.2 Å². The highest BCUT2D eigenvalue weighted by molar-refractivity contribution is 7.90. The molecule has 0 saturated carbocycles. The molecule has 1 aliphatic rings. The third-order valence-electron chi connectivity index (χ3n) is 3.32. The maximum Gasteiger partial charge on any atom is 0.269 e. The smallest absolute Gasteiger partial charge is 0.269 e. The molecule has 0 spiro atoms. The third kappa shape index (κ3) is 2.92. The maximum absolute atomic E-state index is 12.4. The molecule has 1 aliphatic heterocycles. The number of aromatic nitrogens is 1. The van der Waals surface area contributed by atoms with Crippen molar-refractivity contribution in [3.63, 3.8) is 0 Å². The van der Waals surface area contributed by atoms with Gasteiger partial charge in [-0.1, -0.05) is 16.8 Å². The lowest BCUT2D eigenvalue weighted by Gasteiger charge is -2.20. The van der Waals surface area contributed by atoms with Crippen molar-refractivity contribution in [3.8, 4) is 11.5 Å². The Morgan fingerprint density at radius 2 is 1.96 bits per heavy atom. The van der Waals surface area contributed by atoms with Crippen molar-refractivity contribution in [2.75, 3.05) is 13.2 Å². The van der Waals surface area contributed by atoms with E-state index >= 15 is 0 Å². The van der Waals surface area contributed by atoms with Gasteiger partial charge in [0.05, 0.1) is 5.02 Å². The standard InChI is InChI=1S/C14H13ClN2O6S/c1-7-13(8(2)23-16-7)24(19,20)17-14(18)9-5-10(15)12-11(6-9)21-3-4-22-12/h5-6H,3-4H2,1-2H3,(H,17,18).